The highest BCUT2D eigenvalue weighted by molar-refractivity contribution is 8.00. The Hall–Kier alpha value is -1.24. The molecule has 2 fully saturated rings. The van der Waals surface area contributed by atoms with Crippen LogP contribution >= 0.6 is 11.8 Å². The average molecular weight is 272 g/mol. The summed E-state index contributed by atoms with van der Waals surface area (Å²) in [4.78, 5) is 37.4. The number of thioether (sulfide) groups is 1. The van der Waals surface area contributed by atoms with Gasteiger partial charge in [-0.25, -0.2) is 0 Å². The molecule has 18 heavy (non-hydrogen) atoms. The van der Waals surface area contributed by atoms with Crippen LogP contribution in [0.5, 0.6) is 0 Å². The summed E-state index contributed by atoms with van der Waals surface area (Å²) in [6.07, 6.45) is 1.34. The first-order chi connectivity index (χ1) is 8.58. The number of carbonyl (C=O) groups excluding carboxylic acids is 2. The lowest BCUT2D eigenvalue weighted by atomic mass is 9.98. The molecule has 0 aromatic rings. The van der Waals surface area contributed by atoms with Crippen LogP contribution in [-0.2, 0) is 14.4 Å². The number of carbonyl (C=O) groups is 3. The van der Waals surface area contributed by atoms with E-state index in [1.165, 1.54) is 16.7 Å². The molecule has 2 rings (SSSR count). The highest BCUT2D eigenvalue weighted by atomic mass is 32.2. The number of carboxylic acids is 1. The summed E-state index contributed by atoms with van der Waals surface area (Å²) in [6, 6.07) is 0. The second-order valence-corrected chi connectivity index (χ2v) is 5.54. The molecule has 1 atom stereocenters. The molecule has 2 saturated heterocycles. The summed E-state index contributed by atoms with van der Waals surface area (Å²) in [5.74, 6) is -0.477. The molecule has 0 saturated carbocycles. The van der Waals surface area contributed by atoms with E-state index in [4.69, 9.17) is 5.11 Å². The van der Waals surface area contributed by atoms with Gasteiger partial charge in [-0.1, -0.05) is 0 Å². The number of rotatable bonds is 3. The molecule has 0 aliphatic carbocycles. The molecule has 2 amide bonds. The lowest BCUT2D eigenvalue weighted by Gasteiger charge is -2.31. The van der Waals surface area contributed by atoms with E-state index in [2.05, 4.69) is 0 Å². The average Bonchev–Trinajstić information content (AvgIpc) is 2.75. The predicted octanol–water partition coefficient (Wildman–Crippen LogP) is -0.157. The molecule has 2 aliphatic heterocycles. The van der Waals surface area contributed by atoms with E-state index < -0.39 is 11.9 Å². The summed E-state index contributed by atoms with van der Waals surface area (Å²) in [7, 11) is 0. The van der Waals surface area contributed by atoms with Gasteiger partial charge in [-0.2, -0.15) is 0 Å². The fraction of sp³-hybridized carbons (Fsp3) is 0.727. The van der Waals surface area contributed by atoms with E-state index in [0.29, 0.717) is 31.0 Å². The van der Waals surface area contributed by atoms with Crippen molar-refractivity contribution in [2.45, 2.75) is 12.8 Å². The molecule has 0 radical (unpaired) electrons. The Labute approximate surface area is 109 Å². The Morgan fingerprint density at radius 1 is 1.44 bits per heavy atom. The van der Waals surface area contributed by atoms with Crippen LogP contribution in [-0.4, -0.2) is 64.0 Å². The van der Waals surface area contributed by atoms with Crippen LogP contribution < -0.4 is 0 Å². The van der Waals surface area contributed by atoms with Crippen molar-refractivity contribution in [3.8, 4) is 0 Å². The van der Waals surface area contributed by atoms with Crippen LogP contribution in [0.1, 0.15) is 12.8 Å². The van der Waals surface area contributed by atoms with Gasteiger partial charge in [-0.15, -0.1) is 11.8 Å². The van der Waals surface area contributed by atoms with Crippen molar-refractivity contribution in [2.24, 2.45) is 5.92 Å². The second-order valence-electron chi connectivity index (χ2n) is 4.59. The van der Waals surface area contributed by atoms with Crippen molar-refractivity contribution in [2.75, 3.05) is 31.3 Å². The lowest BCUT2D eigenvalue weighted by Crippen LogP contribution is -2.46. The third-order valence-corrected chi connectivity index (χ3v) is 4.22. The molecule has 1 N–H and O–H groups in total. The van der Waals surface area contributed by atoms with Gasteiger partial charge in [0.05, 0.1) is 17.5 Å². The van der Waals surface area contributed by atoms with Crippen LogP contribution in [0.3, 0.4) is 0 Å². The van der Waals surface area contributed by atoms with Crippen molar-refractivity contribution in [3.63, 3.8) is 0 Å². The van der Waals surface area contributed by atoms with E-state index in [0.717, 1.165) is 0 Å². The van der Waals surface area contributed by atoms with Crippen LogP contribution in [0.25, 0.3) is 0 Å². The molecule has 0 aromatic heterocycles. The summed E-state index contributed by atoms with van der Waals surface area (Å²) < 4.78 is 0. The van der Waals surface area contributed by atoms with Crippen LogP contribution in [0.2, 0.25) is 0 Å². The van der Waals surface area contributed by atoms with Crippen molar-refractivity contribution >= 4 is 29.5 Å². The van der Waals surface area contributed by atoms with E-state index in [9.17, 15) is 14.4 Å². The van der Waals surface area contributed by atoms with E-state index >= 15 is 0 Å². The predicted molar refractivity (Wildman–Crippen MR) is 66.0 cm³/mol. The summed E-state index contributed by atoms with van der Waals surface area (Å²) in [5.41, 5.74) is 0. The molecule has 2 heterocycles. The largest absolute Gasteiger partial charge is 0.481 e. The maximum absolute atomic E-state index is 12.0. The monoisotopic (exact) mass is 272 g/mol. The second kappa shape index (κ2) is 5.60. The summed E-state index contributed by atoms with van der Waals surface area (Å²) in [6.45, 7) is 0.944. The number of carboxylic acid groups (broad SMARTS) is 1. The number of piperidine rings is 1. The number of amides is 2. The molecule has 6 nitrogen and oxygen atoms in total. The van der Waals surface area contributed by atoms with Gasteiger partial charge < -0.3 is 14.9 Å². The first-order valence-corrected chi connectivity index (χ1v) is 7.09. The highest BCUT2D eigenvalue weighted by Gasteiger charge is 2.30. The van der Waals surface area contributed by atoms with Gasteiger partial charge in [0.25, 0.3) is 0 Å². The fourth-order valence-electron chi connectivity index (χ4n) is 2.21. The first kappa shape index (κ1) is 13.2. The normalized spacial score (nSPS) is 24.4. The van der Waals surface area contributed by atoms with Crippen LogP contribution in [0.15, 0.2) is 0 Å². The van der Waals surface area contributed by atoms with Crippen molar-refractivity contribution in [3.05, 3.63) is 0 Å². The third kappa shape index (κ3) is 2.95. The number of aliphatic carboxylic acids is 1. The molecular weight excluding hydrogens is 256 g/mol. The third-order valence-electron chi connectivity index (χ3n) is 3.27. The zero-order valence-corrected chi connectivity index (χ0v) is 10.8. The fourth-order valence-corrected chi connectivity index (χ4v) is 3.11. The summed E-state index contributed by atoms with van der Waals surface area (Å²) >= 11 is 1.50. The minimum atomic E-state index is -0.847. The Kier molecular flexibility index (Phi) is 4.11. The van der Waals surface area contributed by atoms with Crippen molar-refractivity contribution in [1.29, 1.82) is 0 Å². The van der Waals surface area contributed by atoms with E-state index in [-0.39, 0.29) is 24.9 Å². The Balaban J connectivity index is 1.88. The minimum Gasteiger partial charge on any atom is -0.481 e. The van der Waals surface area contributed by atoms with E-state index in [1.807, 2.05) is 0 Å². The number of likely N-dealkylation sites (tertiary alicyclic amines) is 1. The van der Waals surface area contributed by atoms with E-state index in [1.54, 1.807) is 4.90 Å². The van der Waals surface area contributed by atoms with Gasteiger partial charge in [-0.3, -0.25) is 14.4 Å². The zero-order valence-electron chi connectivity index (χ0n) is 10.0. The Morgan fingerprint density at radius 3 is 2.83 bits per heavy atom. The molecule has 0 unspecified atom stereocenters. The Morgan fingerprint density at radius 2 is 2.22 bits per heavy atom. The molecule has 7 heteroatoms. The standard InChI is InChI=1S/C11H16N2O4S/c14-9(5-13-7-18-6-10(13)15)12-3-1-2-8(4-12)11(16)17/h8H,1-7H2,(H,16,17)/t8-/m0/s1. The lowest BCUT2D eigenvalue weighted by molar-refractivity contribution is -0.147. The van der Waals surface area contributed by atoms with Gasteiger partial charge in [0.15, 0.2) is 0 Å². The quantitative estimate of drug-likeness (QED) is 0.772. The van der Waals surface area contributed by atoms with Crippen LogP contribution in [0.4, 0.5) is 0 Å². The first-order valence-electron chi connectivity index (χ1n) is 5.94. The topological polar surface area (TPSA) is 77.9 Å². The zero-order chi connectivity index (χ0) is 13.1. The number of nitrogens with zero attached hydrogens (tertiary/aromatic N) is 2. The van der Waals surface area contributed by atoms with Gasteiger partial charge in [0.2, 0.25) is 11.8 Å². The van der Waals surface area contributed by atoms with Gasteiger partial charge in [-0.05, 0) is 12.8 Å². The van der Waals surface area contributed by atoms with Gasteiger partial charge in [0.1, 0.15) is 6.54 Å². The molecule has 0 bridgehead atoms. The van der Waals surface area contributed by atoms with Gasteiger partial charge in [0, 0.05) is 13.1 Å². The SMILES string of the molecule is O=C(O)[C@H]1CCCN(C(=O)CN2CSCC2=O)C1. The minimum absolute atomic E-state index is 0.0138. The van der Waals surface area contributed by atoms with Gasteiger partial charge >= 0.3 is 5.97 Å². The maximum Gasteiger partial charge on any atom is 0.308 e. The Bertz CT molecular complexity index is 374. The summed E-state index contributed by atoms with van der Waals surface area (Å²) in [5, 5.41) is 8.96. The molecule has 2 aliphatic rings. The van der Waals surface area contributed by atoms with Crippen molar-refractivity contribution < 1.29 is 19.5 Å². The number of hydrogen-bond donors (Lipinski definition) is 1. The molecule has 0 spiro atoms. The molecular formula is C11H16N2O4S. The number of hydrogen-bond acceptors (Lipinski definition) is 4. The highest BCUT2D eigenvalue weighted by Crippen LogP contribution is 2.18. The molecule has 100 valence electrons. The van der Waals surface area contributed by atoms with Crippen LogP contribution in [0, 0.1) is 5.92 Å². The molecule has 0 aromatic carbocycles. The van der Waals surface area contributed by atoms with Crippen molar-refractivity contribution in [1.82, 2.24) is 9.80 Å². The maximum atomic E-state index is 12.0. The smallest absolute Gasteiger partial charge is 0.308 e.